The number of carboxylic acids is 1. The van der Waals surface area contributed by atoms with E-state index < -0.39 is 23.5 Å². The summed E-state index contributed by atoms with van der Waals surface area (Å²) in [6.45, 7) is 1.66. The molecule has 1 aromatic carbocycles. The average Bonchev–Trinajstić information content (AvgIpc) is 2.23. The average molecular weight is 230 g/mol. The number of rotatable bonds is 4. The summed E-state index contributed by atoms with van der Waals surface area (Å²) >= 11 is 0. The molecule has 5 heteroatoms. The molecular formula is C11H12F2O3. The van der Waals surface area contributed by atoms with Crippen molar-refractivity contribution in [2.75, 3.05) is 7.11 Å². The van der Waals surface area contributed by atoms with Crippen LogP contribution in [-0.4, -0.2) is 18.2 Å². The molecule has 0 saturated carbocycles. The van der Waals surface area contributed by atoms with Crippen molar-refractivity contribution in [2.24, 2.45) is 0 Å². The molecule has 0 saturated heterocycles. The molecule has 1 N–H and O–H groups in total. The van der Waals surface area contributed by atoms with Crippen molar-refractivity contribution >= 4 is 5.97 Å². The van der Waals surface area contributed by atoms with Gasteiger partial charge in [0.25, 0.3) is 0 Å². The van der Waals surface area contributed by atoms with Crippen LogP contribution in [0.15, 0.2) is 12.1 Å². The molecule has 0 fully saturated rings. The molecule has 1 rings (SSSR count). The molecular weight excluding hydrogens is 218 g/mol. The Morgan fingerprint density at radius 3 is 2.56 bits per heavy atom. The first-order valence-corrected chi connectivity index (χ1v) is 4.77. The highest BCUT2D eigenvalue weighted by molar-refractivity contribution is 5.76. The lowest BCUT2D eigenvalue weighted by atomic mass is 9.96. The molecule has 0 bridgehead atoms. The van der Waals surface area contributed by atoms with Crippen LogP contribution in [0.4, 0.5) is 8.78 Å². The van der Waals surface area contributed by atoms with Crippen LogP contribution in [-0.2, 0) is 4.79 Å². The minimum Gasteiger partial charge on any atom is -0.494 e. The van der Waals surface area contributed by atoms with Gasteiger partial charge in [0.05, 0.1) is 13.0 Å². The van der Waals surface area contributed by atoms with Gasteiger partial charge in [0, 0.05) is 0 Å². The third-order valence-electron chi connectivity index (χ3n) is 2.35. The van der Waals surface area contributed by atoms with Gasteiger partial charge in [0.2, 0.25) is 5.82 Å². The summed E-state index contributed by atoms with van der Waals surface area (Å²) in [6.07, 6.45) is 0.295. The van der Waals surface area contributed by atoms with Crippen LogP contribution >= 0.6 is 0 Å². The second-order valence-corrected chi connectivity index (χ2v) is 3.32. The standard InChI is InChI=1S/C11H12F2O3/c1-3-7(11(14)15)6-4-8(12)10(13)9(5-6)16-2/h4-5,7H,3H2,1-2H3,(H,14,15). The van der Waals surface area contributed by atoms with Gasteiger partial charge in [-0.05, 0) is 24.1 Å². The van der Waals surface area contributed by atoms with Crippen LogP contribution < -0.4 is 4.74 Å². The second kappa shape index (κ2) is 4.92. The minimum atomic E-state index is -1.11. The van der Waals surface area contributed by atoms with Crippen LogP contribution in [0.25, 0.3) is 0 Å². The Hall–Kier alpha value is -1.65. The van der Waals surface area contributed by atoms with Gasteiger partial charge in [-0.3, -0.25) is 4.79 Å². The van der Waals surface area contributed by atoms with E-state index in [9.17, 15) is 13.6 Å². The number of aliphatic carboxylic acids is 1. The molecule has 1 unspecified atom stereocenters. The van der Waals surface area contributed by atoms with E-state index in [4.69, 9.17) is 5.11 Å². The largest absolute Gasteiger partial charge is 0.494 e. The molecule has 1 aromatic rings. The van der Waals surface area contributed by atoms with E-state index in [1.165, 1.54) is 13.2 Å². The topological polar surface area (TPSA) is 46.5 Å². The predicted molar refractivity (Wildman–Crippen MR) is 53.6 cm³/mol. The van der Waals surface area contributed by atoms with Crippen LogP contribution in [0.2, 0.25) is 0 Å². The highest BCUT2D eigenvalue weighted by Crippen LogP contribution is 2.28. The SMILES string of the molecule is CCC(C(=O)O)c1cc(F)c(F)c(OC)c1. The van der Waals surface area contributed by atoms with Crippen molar-refractivity contribution in [3.05, 3.63) is 29.3 Å². The molecule has 0 aliphatic carbocycles. The Kier molecular flexibility index (Phi) is 3.82. The van der Waals surface area contributed by atoms with Crippen LogP contribution in [0, 0.1) is 11.6 Å². The lowest BCUT2D eigenvalue weighted by Crippen LogP contribution is -2.11. The molecule has 0 radical (unpaired) electrons. The minimum absolute atomic E-state index is 0.200. The third kappa shape index (κ3) is 2.29. The van der Waals surface area contributed by atoms with Crippen molar-refractivity contribution in [2.45, 2.75) is 19.3 Å². The number of hydrogen-bond acceptors (Lipinski definition) is 2. The zero-order valence-corrected chi connectivity index (χ0v) is 8.96. The van der Waals surface area contributed by atoms with Gasteiger partial charge in [0.15, 0.2) is 11.6 Å². The van der Waals surface area contributed by atoms with Crippen molar-refractivity contribution in [1.82, 2.24) is 0 Å². The van der Waals surface area contributed by atoms with E-state index in [-0.39, 0.29) is 11.3 Å². The smallest absolute Gasteiger partial charge is 0.310 e. The maximum Gasteiger partial charge on any atom is 0.310 e. The first kappa shape index (κ1) is 12.4. The molecule has 0 aromatic heterocycles. The Morgan fingerprint density at radius 1 is 1.50 bits per heavy atom. The Balaban J connectivity index is 3.24. The monoisotopic (exact) mass is 230 g/mol. The van der Waals surface area contributed by atoms with Gasteiger partial charge in [-0.25, -0.2) is 4.39 Å². The molecule has 0 aliphatic rings. The maximum absolute atomic E-state index is 13.1. The number of benzene rings is 1. The number of carbonyl (C=O) groups is 1. The van der Waals surface area contributed by atoms with Gasteiger partial charge in [-0.15, -0.1) is 0 Å². The van der Waals surface area contributed by atoms with Gasteiger partial charge in [-0.1, -0.05) is 6.92 Å². The van der Waals surface area contributed by atoms with Gasteiger partial charge in [-0.2, -0.15) is 4.39 Å². The summed E-state index contributed by atoms with van der Waals surface area (Å²) in [4.78, 5) is 10.9. The summed E-state index contributed by atoms with van der Waals surface area (Å²) < 4.78 is 30.9. The van der Waals surface area contributed by atoms with Crippen molar-refractivity contribution in [1.29, 1.82) is 0 Å². The zero-order valence-electron chi connectivity index (χ0n) is 8.96. The predicted octanol–water partition coefficient (Wildman–Crippen LogP) is 2.55. The van der Waals surface area contributed by atoms with Crippen molar-refractivity contribution < 1.29 is 23.4 Å². The van der Waals surface area contributed by atoms with E-state index in [0.29, 0.717) is 6.42 Å². The van der Waals surface area contributed by atoms with E-state index >= 15 is 0 Å². The summed E-state index contributed by atoms with van der Waals surface area (Å²) in [7, 11) is 1.20. The maximum atomic E-state index is 13.1. The van der Waals surface area contributed by atoms with Crippen LogP contribution in [0.3, 0.4) is 0 Å². The van der Waals surface area contributed by atoms with Crippen LogP contribution in [0.1, 0.15) is 24.8 Å². The fourth-order valence-corrected chi connectivity index (χ4v) is 1.49. The van der Waals surface area contributed by atoms with E-state index in [2.05, 4.69) is 4.74 Å². The number of ether oxygens (including phenoxy) is 1. The Morgan fingerprint density at radius 2 is 2.12 bits per heavy atom. The van der Waals surface area contributed by atoms with Crippen molar-refractivity contribution in [3.63, 3.8) is 0 Å². The Labute approximate surface area is 91.7 Å². The normalized spacial score (nSPS) is 12.2. The summed E-state index contributed by atoms with van der Waals surface area (Å²) in [5.41, 5.74) is 0.200. The number of halogens is 2. The lowest BCUT2D eigenvalue weighted by molar-refractivity contribution is -0.138. The summed E-state index contributed by atoms with van der Waals surface area (Å²) in [5, 5.41) is 8.89. The molecule has 16 heavy (non-hydrogen) atoms. The number of methoxy groups -OCH3 is 1. The quantitative estimate of drug-likeness (QED) is 0.864. The Bertz CT molecular complexity index is 404. The number of carboxylic acid groups (broad SMARTS) is 1. The molecule has 88 valence electrons. The first-order chi connectivity index (χ1) is 7.51. The van der Waals surface area contributed by atoms with Gasteiger partial charge >= 0.3 is 5.97 Å². The fourth-order valence-electron chi connectivity index (χ4n) is 1.49. The zero-order chi connectivity index (χ0) is 12.3. The highest BCUT2D eigenvalue weighted by atomic mass is 19.2. The summed E-state index contributed by atoms with van der Waals surface area (Å²) in [6, 6.07) is 2.10. The fraction of sp³-hybridized carbons (Fsp3) is 0.364. The van der Waals surface area contributed by atoms with Gasteiger partial charge in [0.1, 0.15) is 0 Å². The van der Waals surface area contributed by atoms with Gasteiger partial charge < -0.3 is 9.84 Å². The van der Waals surface area contributed by atoms with Crippen molar-refractivity contribution in [3.8, 4) is 5.75 Å². The molecule has 0 aliphatic heterocycles. The molecule has 3 nitrogen and oxygen atoms in total. The van der Waals surface area contributed by atoms with Crippen LogP contribution in [0.5, 0.6) is 5.75 Å². The second-order valence-electron chi connectivity index (χ2n) is 3.32. The lowest BCUT2D eigenvalue weighted by Gasteiger charge is -2.12. The third-order valence-corrected chi connectivity index (χ3v) is 2.35. The molecule has 1 atom stereocenters. The van der Waals surface area contributed by atoms with E-state index in [1.807, 2.05) is 0 Å². The first-order valence-electron chi connectivity index (χ1n) is 4.77. The molecule has 0 spiro atoms. The van der Waals surface area contributed by atoms with E-state index in [0.717, 1.165) is 6.07 Å². The summed E-state index contributed by atoms with van der Waals surface area (Å²) in [5.74, 6) is -4.42. The molecule has 0 heterocycles. The number of hydrogen-bond donors (Lipinski definition) is 1. The van der Waals surface area contributed by atoms with E-state index in [1.54, 1.807) is 6.92 Å². The highest BCUT2D eigenvalue weighted by Gasteiger charge is 2.21. The molecule has 0 amide bonds.